The van der Waals surface area contributed by atoms with E-state index in [2.05, 4.69) is 25.3 Å². The van der Waals surface area contributed by atoms with Gasteiger partial charge in [-0.15, -0.1) is 0 Å². The molecule has 0 spiro atoms. The predicted octanol–water partition coefficient (Wildman–Crippen LogP) is 2.61. The third-order valence-corrected chi connectivity index (χ3v) is 3.97. The zero-order valence-electron chi connectivity index (χ0n) is 9.90. The van der Waals surface area contributed by atoms with Crippen LogP contribution in [0.1, 0.15) is 29.4 Å². The molecule has 1 aliphatic heterocycles. The SMILES string of the molecule is Cc1cn2c(Br)c(C3CCOC3)nc2c(C)n1. The van der Waals surface area contributed by atoms with Crippen LogP contribution in [-0.4, -0.2) is 27.6 Å². The molecular weight excluding hydrogens is 282 g/mol. The van der Waals surface area contributed by atoms with Crippen LogP contribution in [0.15, 0.2) is 10.8 Å². The minimum Gasteiger partial charge on any atom is -0.381 e. The average molecular weight is 296 g/mol. The summed E-state index contributed by atoms with van der Waals surface area (Å²) < 4.78 is 8.54. The lowest BCUT2D eigenvalue weighted by Gasteiger charge is -2.03. The van der Waals surface area contributed by atoms with Gasteiger partial charge in [-0.1, -0.05) is 0 Å². The Hall–Kier alpha value is -0.940. The molecule has 0 saturated carbocycles. The van der Waals surface area contributed by atoms with E-state index in [1.165, 1.54) is 0 Å². The maximum atomic E-state index is 5.43. The van der Waals surface area contributed by atoms with Gasteiger partial charge in [-0.3, -0.25) is 9.38 Å². The van der Waals surface area contributed by atoms with Crippen LogP contribution < -0.4 is 0 Å². The lowest BCUT2D eigenvalue weighted by atomic mass is 10.1. The smallest absolute Gasteiger partial charge is 0.159 e. The average Bonchev–Trinajstić information content (AvgIpc) is 2.87. The van der Waals surface area contributed by atoms with Gasteiger partial charge in [-0.2, -0.15) is 0 Å². The van der Waals surface area contributed by atoms with Gasteiger partial charge in [0, 0.05) is 18.7 Å². The van der Waals surface area contributed by atoms with E-state index in [1.807, 2.05) is 20.0 Å². The van der Waals surface area contributed by atoms with Crippen molar-refractivity contribution in [3.63, 3.8) is 0 Å². The Morgan fingerprint density at radius 2 is 2.24 bits per heavy atom. The summed E-state index contributed by atoms with van der Waals surface area (Å²) in [7, 11) is 0. The fraction of sp³-hybridized carbons (Fsp3) is 0.500. The highest BCUT2D eigenvalue weighted by Crippen LogP contribution is 2.31. The van der Waals surface area contributed by atoms with Crippen LogP contribution in [0.5, 0.6) is 0 Å². The molecule has 1 saturated heterocycles. The molecule has 0 aliphatic carbocycles. The normalized spacial score (nSPS) is 20.3. The molecule has 1 atom stereocenters. The second-order valence-corrected chi connectivity index (χ2v) is 5.26. The molecule has 5 heteroatoms. The topological polar surface area (TPSA) is 39.4 Å². The summed E-state index contributed by atoms with van der Waals surface area (Å²) in [5, 5.41) is 0. The van der Waals surface area contributed by atoms with Crippen molar-refractivity contribution in [2.45, 2.75) is 26.2 Å². The Morgan fingerprint density at radius 3 is 2.94 bits per heavy atom. The Labute approximate surface area is 108 Å². The Morgan fingerprint density at radius 1 is 1.41 bits per heavy atom. The number of imidazole rings is 1. The van der Waals surface area contributed by atoms with E-state index in [0.29, 0.717) is 5.92 Å². The number of halogens is 1. The van der Waals surface area contributed by atoms with Crippen LogP contribution in [0.2, 0.25) is 0 Å². The van der Waals surface area contributed by atoms with E-state index in [-0.39, 0.29) is 0 Å². The van der Waals surface area contributed by atoms with E-state index < -0.39 is 0 Å². The van der Waals surface area contributed by atoms with Gasteiger partial charge in [0.1, 0.15) is 4.60 Å². The molecular formula is C12H14BrN3O. The van der Waals surface area contributed by atoms with Crippen molar-refractivity contribution in [1.29, 1.82) is 0 Å². The number of fused-ring (bicyclic) bond motifs is 1. The molecule has 17 heavy (non-hydrogen) atoms. The lowest BCUT2D eigenvalue weighted by Crippen LogP contribution is -1.98. The van der Waals surface area contributed by atoms with Gasteiger partial charge in [0.15, 0.2) is 5.65 Å². The fourth-order valence-electron chi connectivity index (χ4n) is 2.34. The van der Waals surface area contributed by atoms with E-state index in [0.717, 1.165) is 47.0 Å². The van der Waals surface area contributed by atoms with Crippen molar-refractivity contribution >= 4 is 21.6 Å². The first-order valence-corrected chi connectivity index (χ1v) is 6.55. The fourth-order valence-corrected chi connectivity index (χ4v) is 3.03. The van der Waals surface area contributed by atoms with Crippen LogP contribution in [0.25, 0.3) is 5.65 Å². The van der Waals surface area contributed by atoms with Crippen molar-refractivity contribution in [1.82, 2.24) is 14.4 Å². The number of ether oxygens (including phenoxy) is 1. The molecule has 0 amide bonds. The first-order chi connectivity index (χ1) is 8.16. The van der Waals surface area contributed by atoms with Gasteiger partial charge in [-0.05, 0) is 36.2 Å². The number of nitrogens with zero attached hydrogens (tertiary/aromatic N) is 3. The van der Waals surface area contributed by atoms with Crippen molar-refractivity contribution in [2.24, 2.45) is 0 Å². The molecule has 1 aliphatic rings. The summed E-state index contributed by atoms with van der Waals surface area (Å²) in [6, 6.07) is 0. The molecule has 2 aromatic rings. The van der Waals surface area contributed by atoms with Crippen LogP contribution >= 0.6 is 15.9 Å². The molecule has 1 unspecified atom stereocenters. The molecule has 0 radical (unpaired) electrons. The number of aryl methyl sites for hydroxylation is 2. The van der Waals surface area contributed by atoms with Gasteiger partial charge >= 0.3 is 0 Å². The van der Waals surface area contributed by atoms with Gasteiger partial charge < -0.3 is 4.74 Å². The van der Waals surface area contributed by atoms with E-state index in [4.69, 9.17) is 9.72 Å². The van der Waals surface area contributed by atoms with E-state index in [1.54, 1.807) is 0 Å². The monoisotopic (exact) mass is 295 g/mol. The molecule has 2 aromatic heterocycles. The minimum atomic E-state index is 0.406. The maximum Gasteiger partial charge on any atom is 0.159 e. The summed E-state index contributed by atoms with van der Waals surface area (Å²) >= 11 is 3.65. The molecule has 3 heterocycles. The molecule has 4 nitrogen and oxygen atoms in total. The highest BCUT2D eigenvalue weighted by molar-refractivity contribution is 9.10. The molecule has 3 rings (SSSR count). The van der Waals surface area contributed by atoms with Gasteiger partial charge in [-0.25, -0.2) is 4.98 Å². The summed E-state index contributed by atoms with van der Waals surface area (Å²) in [5.41, 5.74) is 4.00. The van der Waals surface area contributed by atoms with Crippen molar-refractivity contribution in [2.75, 3.05) is 13.2 Å². The first-order valence-electron chi connectivity index (χ1n) is 5.76. The first kappa shape index (κ1) is 11.2. The van der Waals surface area contributed by atoms with Gasteiger partial charge in [0.2, 0.25) is 0 Å². The Kier molecular flexibility index (Phi) is 2.67. The van der Waals surface area contributed by atoms with E-state index >= 15 is 0 Å². The zero-order valence-corrected chi connectivity index (χ0v) is 11.5. The number of hydrogen-bond acceptors (Lipinski definition) is 3. The van der Waals surface area contributed by atoms with Crippen molar-refractivity contribution in [3.05, 3.63) is 27.9 Å². The van der Waals surface area contributed by atoms with Crippen molar-refractivity contribution in [3.8, 4) is 0 Å². The van der Waals surface area contributed by atoms with Crippen LogP contribution in [0.3, 0.4) is 0 Å². The Bertz CT molecular complexity index is 573. The van der Waals surface area contributed by atoms with Crippen LogP contribution in [0.4, 0.5) is 0 Å². The maximum absolute atomic E-state index is 5.43. The van der Waals surface area contributed by atoms with Crippen LogP contribution in [0, 0.1) is 13.8 Å². The third-order valence-electron chi connectivity index (χ3n) is 3.18. The van der Waals surface area contributed by atoms with Crippen molar-refractivity contribution < 1.29 is 4.74 Å². The molecule has 0 aromatic carbocycles. The molecule has 0 N–H and O–H groups in total. The molecule has 0 bridgehead atoms. The number of rotatable bonds is 1. The van der Waals surface area contributed by atoms with Gasteiger partial charge in [0.05, 0.1) is 23.7 Å². The Balaban J connectivity index is 2.20. The summed E-state index contributed by atoms with van der Waals surface area (Å²) in [6.07, 6.45) is 3.06. The zero-order chi connectivity index (χ0) is 12.0. The molecule has 1 fully saturated rings. The second kappa shape index (κ2) is 4.07. The molecule has 90 valence electrons. The summed E-state index contributed by atoms with van der Waals surface area (Å²) in [4.78, 5) is 9.16. The quantitative estimate of drug-likeness (QED) is 0.812. The standard InChI is InChI=1S/C12H14BrN3O/c1-7-5-16-11(13)10(9-3-4-17-6-9)15-12(16)8(2)14-7/h5,9H,3-4,6H2,1-2H3. The highest BCUT2D eigenvalue weighted by atomic mass is 79.9. The number of hydrogen-bond donors (Lipinski definition) is 0. The second-order valence-electron chi connectivity index (χ2n) is 4.51. The highest BCUT2D eigenvalue weighted by Gasteiger charge is 2.24. The number of aromatic nitrogens is 3. The summed E-state index contributed by atoms with van der Waals surface area (Å²) in [5.74, 6) is 0.406. The minimum absolute atomic E-state index is 0.406. The third kappa shape index (κ3) is 1.77. The van der Waals surface area contributed by atoms with E-state index in [9.17, 15) is 0 Å². The predicted molar refractivity (Wildman–Crippen MR) is 68.3 cm³/mol. The van der Waals surface area contributed by atoms with Gasteiger partial charge in [0.25, 0.3) is 0 Å². The lowest BCUT2D eigenvalue weighted by molar-refractivity contribution is 0.193. The van der Waals surface area contributed by atoms with Crippen LogP contribution in [-0.2, 0) is 4.74 Å². The summed E-state index contributed by atoms with van der Waals surface area (Å²) in [6.45, 7) is 5.60. The largest absolute Gasteiger partial charge is 0.381 e.